The standard InChI is InChI=1S/C21H25FN2O5S/c1-28-19-12-16-8-10-24(14-17(16)13-20(19)29-2)30(26,27)11-3-9-23-21(25)15-4-6-18(22)7-5-15/h4-7,12-13H,3,8-11,14H2,1-2H3,(H,23,25). The number of hydrogen-bond donors (Lipinski definition) is 1. The van der Waals surface area contributed by atoms with Crippen LogP contribution in [0.25, 0.3) is 0 Å². The molecule has 3 rings (SSSR count). The Labute approximate surface area is 175 Å². The first kappa shape index (κ1) is 22.0. The van der Waals surface area contributed by atoms with Crippen LogP contribution in [0.5, 0.6) is 11.5 Å². The molecule has 0 spiro atoms. The van der Waals surface area contributed by atoms with Crippen LogP contribution in [0.3, 0.4) is 0 Å². The van der Waals surface area contributed by atoms with E-state index in [4.69, 9.17) is 9.47 Å². The Bertz CT molecular complexity index is 1010. The van der Waals surface area contributed by atoms with Crippen molar-refractivity contribution in [2.75, 3.05) is 33.1 Å². The lowest BCUT2D eigenvalue weighted by atomic mass is 10.0. The molecule has 0 aliphatic carbocycles. The number of fused-ring (bicyclic) bond motifs is 1. The van der Waals surface area contributed by atoms with Gasteiger partial charge in [0.1, 0.15) is 5.82 Å². The molecule has 2 aromatic carbocycles. The molecule has 0 aromatic heterocycles. The van der Waals surface area contributed by atoms with Gasteiger partial charge in [0.25, 0.3) is 5.91 Å². The van der Waals surface area contributed by atoms with Crippen LogP contribution in [0.1, 0.15) is 27.9 Å². The van der Waals surface area contributed by atoms with Crippen LogP contribution in [0.15, 0.2) is 36.4 Å². The number of rotatable bonds is 8. The van der Waals surface area contributed by atoms with Gasteiger partial charge in [-0.15, -0.1) is 0 Å². The predicted octanol–water partition coefficient (Wildman–Crippen LogP) is 2.35. The molecule has 0 fully saturated rings. The molecule has 0 radical (unpaired) electrons. The second-order valence-corrected chi connectivity index (χ2v) is 9.08. The molecule has 1 aliphatic rings. The summed E-state index contributed by atoms with van der Waals surface area (Å²) < 4.78 is 50.5. The largest absolute Gasteiger partial charge is 0.493 e. The number of halogens is 1. The van der Waals surface area contributed by atoms with Crippen LogP contribution in [0.4, 0.5) is 4.39 Å². The average Bonchev–Trinajstić information content (AvgIpc) is 2.75. The Hall–Kier alpha value is -2.65. The third kappa shape index (κ3) is 5.09. The fraction of sp³-hybridized carbons (Fsp3) is 0.381. The van der Waals surface area contributed by atoms with Gasteiger partial charge in [0, 0.05) is 25.2 Å². The molecule has 162 valence electrons. The molecule has 0 bridgehead atoms. The maximum absolute atomic E-state index is 12.9. The maximum atomic E-state index is 12.9. The Kier molecular flexibility index (Phi) is 6.94. The molecule has 9 heteroatoms. The number of nitrogens with zero attached hydrogens (tertiary/aromatic N) is 1. The van der Waals surface area contributed by atoms with Gasteiger partial charge < -0.3 is 14.8 Å². The third-order valence-electron chi connectivity index (χ3n) is 5.05. The van der Waals surface area contributed by atoms with E-state index >= 15 is 0 Å². The fourth-order valence-corrected chi connectivity index (χ4v) is 4.86. The van der Waals surface area contributed by atoms with Crippen LogP contribution in [-0.4, -0.2) is 51.7 Å². The summed E-state index contributed by atoms with van der Waals surface area (Å²) in [5.74, 6) is 0.347. The van der Waals surface area contributed by atoms with Crippen molar-refractivity contribution in [2.45, 2.75) is 19.4 Å². The fourth-order valence-electron chi connectivity index (χ4n) is 3.38. The van der Waals surface area contributed by atoms with Crippen molar-refractivity contribution in [2.24, 2.45) is 0 Å². The van der Waals surface area contributed by atoms with Gasteiger partial charge in [-0.1, -0.05) is 0 Å². The molecule has 30 heavy (non-hydrogen) atoms. The van der Waals surface area contributed by atoms with E-state index in [0.717, 1.165) is 11.1 Å². The molecule has 1 heterocycles. The van der Waals surface area contributed by atoms with Gasteiger partial charge in [-0.3, -0.25) is 4.79 Å². The first-order chi connectivity index (χ1) is 14.3. The number of amides is 1. The summed E-state index contributed by atoms with van der Waals surface area (Å²) in [6.07, 6.45) is 0.876. The Morgan fingerprint density at radius 3 is 2.37 bits per heavy atom. The van der Waals surface area contributed by atoms with Crippen LogP contribution >= 0.6 is 0 Å². The van der Waals surface area contributed by atoms with E-state index in [1.54, 1.807) is 14.2 Å². The van der Waals surface area contributed by atoms with Crippen molar-refractivity contribution in [3.05, 3.63) is 58.9 Å². The molecule has 2 aromatic rings. The van der Waals surface area contributed by atoms with E-state index in [2.05, 4.69) is 5.32 Å². The minimum atomic E-state index is -3.47. The highest BCUT2D eigenvalue weighted by Gasteiger charge is 2.27. The lowest BCUT2D eigenvalue weighted by Gasteiger charge is -2.29. The predicted molar refractivity (Wildman–Crippen MR) is 111 cm³/mol. The summed E-state index contributed by atoms with van der Waals surface area (Å²) in [5.41, 5.74) is 2.27. The topological polar surface area (TPSA) is 84.9 Å². The number of ether oxygens (including phenoxy) is 2. The van der Waals surface area contributed by atoms with Crippen LogP contribution in [0.2, 0.25) is 0 Å². The maximum Gasteiger partial charge on any atom is 0.251 e. The van der Waals surface area contributed by atoms with E-state index in [0.29, 0.717) is 30.0 Å². The highest BCUT2D eigenvalue weighted by Crippen LogP contribution is 2.33. The van der Waals surface area contributed by atoms with Gasteiger partial charge in [0.05, 0.1) is 20.0 Å². The number of carbonyl (C=O) groups is 1. The second kappa shape index (κ2) is 9.44. The molecule has 7 nitrogen and oxygen atoms in total. The number of benzene rings is 2. The van der Waals surface area contributed by atoms with Gasteiger partial charge >= 0.3 is 0 Å². The highest BCUT2D eigenvalue weighted by molar-refractivity contribution is 7.89. The van der Waals surface area contributed by atoms with E-state index < -0.39 is 15.8 Å². The first-order valence-electron chi connectivity index (χ1n) is 9.59. The molecule has 1 N–H and O–H groups in total. The lowest BCUT2D eigenvalue weighted by Crippen LogP contribution is -2.38. The Balaban J connectivity index is 1.55. The highest BCUT2D eigenvalue weighted by atomic mass is 32.2. The lowest BCUT2D eigenvalue weighted by molar-refractivity contribution is 0.0953. The van der Waals surface area contributed by atoms with Gasteiger partial charge in [-0.05, 0) is 60.4 Å². The summed E-state index contributed by atoms with van der Waals surface area (Å²) in [6, 6.07) is 8.89. The van der Waals surface area contributed by atoms with Crippen LogP contribution < -0.4 is 14.8 Å². The van der Waals surface area contributed by atoms with Crippen LogP contribution in [-0.2, 0) is 23.0 Å². The van der Waals surface area contributed by atoms with Gasteiger partial charge in [-0.25, -0.2) is 12.8 Å². The molecule has 0 saturated carbocycles. The smallest absolute Gasteiger partial charge is 0.251 e. The third-order valence-corrected chi connectivity index (χ3v) is 6.95. The van der Waals surface area contributed by atoms with Crippen LogP contribution in [0, 0.1) is 5.82 Å². The van der Waals surface area contributed by atoms with Crippen molar-refractivity contribution in [3.8, 4) is 11.5 Å². The summed E-state index contributed by atoms with van der Waals surface area (Å²) in [5, 5.41) is 2.66. The molecule has 1 amide bonds. The molecule has 0 unspecified atom stereocenters. The Morgan fingerprint density at radius 2 is 1.73 bits per heavy atom. The molecule has 1 aliphatic heterocycles. The van der Waals surface area contributed by atoms with E-state index in [-0.39, 0.29) is 31.2 Å². The SMILES string of the molecule is COc1cc2c(cc1OC)CN(S(=O)(=O)CCCNC(=O)c1ccc(F)cc1)CC2. The number of methoxy groups -OCH3 is 2. The quantitative estimate of drug-likeness (QED) is 0.642. The van der Waals surface area contributed by atoms with Crippen molar-refractivity contribution >= 4 is 15.9 Å². The summed E-state index contributed by atoms with van der Waals surface area (Å²) >= 11 is 0. The van der Waals surface area contributed by atoms with Crippen molar-refractivity contribution in [1.82, 2.24) is 9.62 Å². The van der Waals surface area contributed by atoms with Crippen molar-refractivity contribution in [1.29, 1.82) is 0 Å². The summed E-state index contributed by atoms with van der Waals surface area (Å²) in [6.45, 7) is 0.887. The molecule has 0 saturated heterocycles. The normalized spacial score (nSPS) is 14.1. The zero-order valence-corrected chi connectivity index (χ0v) is 17.8. The number of nitrogens with one attached hydrogen (secondary N) is 1. The second-order valence-electron chi connectivity index (χ2n) is 6.99. The summed E-state index contributed by atoms with van der Waals surface area (Å²) in [7, 11) is -0.358. The zero-order chi connectivity index (χ0) is 21.7. The Morgan fingerprint density at radius 1 is 1.10 bits per heavy atom. The number of hydrogen-bond acceptors (Lipinski definition) is 5. The minimum absolute atomic E-state index is 0.0701. The van der Waals surface area contributed by atoms with Gasteiger partial charge in [0.15, 0.2) is 11.5 Å². The number of sulfonamides is 1. The average molecular weight is 437 g/mol. The van der Waals surface area contributed by atoms with Gasteiger partial charge in [0.2, 0.25) is 10.0 Å². The monoisotopic (exact) mass is 436 g/mol. The molecular formula is C21H25FN2O5S. The van der Waals surface area contributed by atoms with Crippen molar-refractivity contribution < 1.29 is 27.1 Å². The van der Waals surface area contributed by atoms with E-state index in [9.17, 15) is 17.6 Å². The zero-order valence-electron chi connectivity index (χ0n) is 17.0. The summed E-state index contributed by atoms with van der Waals surface area (Å²) in [4.78, 5) is 12.0. The van der Waals surface area contributed by atoms with E-state index in [1.807, 2.05) is 12.1 Å². The van der Waals surface area contributed by atoms with E-state index in [1.165, 1.54) is 28.6 Å². The minimum Gasteiger partial charge on any atom is -0.493 e. The molecule has 0 atom stereocenters. The van der Waals surface area contributed by atoms with Gasteiger partial charge in [-0.2, -0.15) is 4.31 Å². The van der Waals surface area contributed by atoms with Crippen molar-refractivity contribution in [3.63, 3.8) is 0 Å². The first-order valence-corrected chi connectivity index (χ1v) is 11.2. The molecular weight excluding hydrogens is 411 g/mol. The number of carbonyl (C=O) groups excluding carboxylic acids is 1.